The highest BCUT2D eigenvalue weighted by Crippen LogP contribution is 2.35. The summed E-state index contributed by atoms with van der Waals surface area (Å²) in [5.41, 5.74) is 7.00. The molecule has 0 atom stereocenters. The first-order chi connectivity index (χ1) is 17.4. The number of rotatable bonds is 7. The molecule has 0 bridgehead atoms. The molecule has 1 heterocycles. The lowest BCUT2D eigenvalue weighted by Crippen LogP contribution is -1.96. The van der Waals surface area contributed by atoms with Crippen LogP contribution in [0.4, 0.5) is 8.78 Å². The summed E-state index contributed by atoms with van der Waals surface area (Å²) < 4.78 is 38.5. The summed E-state index contributed by atoms with van der Waals surface area (Å²) >= 11 is 0. The van der Waals surface area contributed by atoms with E-state index in [-0.39, 0.29) is 11.6 Å². The second kappa shape index (κ2) is 11.0. The Hall–Kier alpha value is -4.25. The van der Waals surface area contributed by atoms with Gasteiger partial charge in [0.1, 0.15) is 23.1 Å². The maximum atomic E-state index is 13.6. The van der Waals surface area contributed by atoms with Crippen molar-refractivity contribution in [3.8, 4) is 11.5 Å². The summed E-state index contributed by atoms with van der Waals surface area (Å²) in [5.74, 6) is 0.729. The quantitative estimate of drug-likeness (QED) is 0.251. The Labute approximate surface area is 210 Å². The zero-order valence-corrected chi connectivity index (χ0v) is 20.7. The van der Waals surface area contributed by atoms with E-state index in [0.717, 1.165) is 44.7 Å². The number of allylic oxidation sites excluding steroid dienone is 1. The highest BCUT2D eigenvalue weighted by Gasteiger charge is 2.13. The second-order valence-corrected chi connectivity index (χ2v) is 8.42. The predicted molar refractivity (Wildman–Crippen MR) is 142 cm³/mol. The molecule has 0 spiro atoms. The summed E-state index contributed by atoms with van der Waals surface area (Å²) in [5, 5.41) is 0. The molecular formula is C31H27F2NO2. The molecule has 182 valence electrons. The fourth-order valence-electron chi connectivity index (χ4n) is 3.95. The average Bonchev–Trinajstić information content (AvgIpc) is 2.89. The van der Waals surface area contributed by atoms with Gasteiger partial charge in [0.05, 0.1) is 14.2 Å². The van der Waals surface area contributed by atoms with Crippen LogP contribution in [0.25, 0.3) is 23.3 Å². The van der Waals surface area contributed by atoms with E-state index in [1.54, 1.807) is 44.7 Å². The SMILES string of the molecule is COc1cc(C=C(c2ccc(F)cc2)c2ccc(C)nc2)c(OC)cc1C=C(C)c1ccc(F)cc1. The number of hydrogen-bond acceptors (Lipinski definition) is 3. The highest BCUT2D eigenvalue weighted by molar-refractivity contribution is 5.93. The first-order valence-electron chi connectivity index (χ1n) is 11.5. The number of hydrogen-bond donors (Lipinski definition) is 0. The molecule has 5 heteroatoms. The van der Waals surface area contributed by atoms with Crippen molar-refractivity contribution in [1.82, 2.24) is 4.98 Å². The fraction of sp³-hybridized carbons (Fsp3) is 0.129. The third-order valence-electron chi connectivity index (χ3n) is 5.93. The number of methoxy groups -OCH3 is 2. The number of benzene rings is 3. The molecule has 0 aliphatic rings. The molecule has 0 saturated carbocycles. The summed E-state index contributed by atoms with van der Waals surface area (Å²) in [7, 11) is 3.23. The Morgan fingerprint density at radius 3 is 1.69 bits per heavy atom. The Morgan fingerprint density at radius 1 is 0.694 bits per heavy atom. The van der Waals surface area contributed by atoms with Gasteiger partial charge in [0.15, 0.2) is 0 Å². The number of halogens is 2. The van der Waals surface area contributed by atoms with Gasteiger partial charge in [-0.15, -0.1) is 0 Å². The van der Waals surface area contributed by atoms with Crippen LogP contribution in [-0.4, -0.2) is 19.2 Å². The van der Waals surface area contributed by atoms with Crippen LogP contribution in [0.5, 0.6) is 11.5 Å². The molecule has 0 unspecified atom stereocenters. The van der Waals surface area contributed by atoms with Gasteiger partial charge in [-0.1, -0.05) is 30.3 Å². The predicted octanol–water partition coefficient (Wildman–Crippen LogP) is 7.83. The van der Waals surface area contributed by atoms with Gasteiger partial charge < -0.3 is 9.47 Å². The van der Waals surface area contributed by atoms with Crippen LogP contribution in [0.1, 0.15) is 40.4 Å². The number of ether oxygens (including phenoxy) is 2. The van der Waals surface area contributed by atoms with Crippen LogP contribution in [0.15, 0.2) is 79.0 Å². The zero-order valence-electron chi connectivity index (χ0n) is 20.7. The lowest BCUT2D eigenvalue weighted by atomic mass is 9.95. The minimum atomic E-state index is -0.299. The summed E-state index contributed by atoms with van der Waals surface area (Å²) in [6, 6.07) is 20.5. The van der Waals surface area contributed by atoms with Crippen molar-refractivity contribution in [3.63, 3.8) is 0 Å². The zero-order chi connectivity index (χ0) is 25.7. The maximum Gasteiger partial charge on any atom is 0.126 e. The van der Waals surface area contributed by atoms with E-state index in [1.165, 1.54) is 24.3 Å². The van der Waals surface area contributed by atoms with Gasteiger partial charge in [-0.05, 0) is 90.7 Å². The molecule has 0 N–H and O–H groups in total. The van der Waals surface area contributed by atoms with E-state index in [2.05, 4.69) is 4.98 Å². The highest BCUT2D eigenvalue weighted by atomic mass is 19.1. The number of nitrogens with zero attached hydrogens (tertiary/aromatic N) is 1. The molecule has 1 aromatic heterocycles. The third kappa shape index (κ3) is 5.69. The fourth-order valence-corrected chi connectivity index (χ4v) is 3.95. The van der Waals surface area contributed by atoms with E-state index >= 15 is 0 Å². The number of aryl methyl sites for hydroxylation is 1. The lowest BCUT2D eigenvalue weighted by Gasteiger charge is -2.15. The van der Waals surface area contributed by atoms with Crippen molar-refractivity contribution in [1.29, 1.82) is 0 Å². The van der Waals surface area contributed by atoms with E-state index in [0.29, 0.717) is 11.5 Å². The van der Waals surface area contributed by atoms with Gasteiger partial charge in [0, 0.05) is 28.6 Å². The molecule has 0 aliphatic carbocycles. The van der Waals surface area contributed by atoms with Crippen LogP contribution in [0.3, 0.4) is 0 Å². The van der Waals surface area contributed by atoms with Crippen LogP contribution >= 0.6 is 0 Å². The van der Waals surface area contributed by atoms with Crippen molar-refractivity contribution in [2.24, 2.45) is 0 Å². The maximum absolute atomic E-state index is 13.6. The summed E-state index contributed by atoms with van der Waals surface area (Å²) in [4.78, 5) is 4.44. The van der Waals surface area contributed by atoms with Crippen LogP contribution in [0.2, 0.25) is 0 Å². The Bertz CT molecular complexity index is 1360. The van der Waals surface area contributed by atoms with Gasteiger partial charge in [0.25, 0.3) is 0 Å². The number of aromatic nitrogens is 1. The van der Waals surface area contributed by atoms with Gasteiger partial charge in [0.2, 0.25) is 0 Å². The largest absolute Gasteiger partial charge is 0.496 e. The minimum absolute atomic E-state index is 0.275. The smallest absolute Gasteiger partial charge is 0.126 e. The van der Waals surface area contributed by atoms with Gasteiger partial charge in [-0.25, -0.2) is 8.78 Å². The van der Waals surface area contributed by atoms with E-state index in [4.69, 9.17) is 9.47 Å². The first kappa shape index (κ1) is 24.9. The molecule has 0 aliphatic heterocycles. The van der Waals surface area contributed by atoms with Crippen molar-refractivity contribution < 1.29 is 18.3 Å². The molecule has 0 radical (unpaired) electrons. The van der Waals surface area contributed by atoms with Gasteiger partial charge in [-0.2, -0.15) is 0 Å². The first-order valence-corrected chi connectivity index (χ1v) is 11.5. The Balaban J connectivity index is 1.84. The molecule has 0 fully saturated rings. The van der Waals surface area contributed by atoms with E-state index in [1.807, 2.05) is 50.3 Å². The van der Waals surface area contributed by atoms with E-state index < -0.39 is 0 Å². The average molecular weight is 484 g/mol. The Morgan fingerprint density at radius 2 is 1.19 bits per heavy atom. The summed E-state index contributed by atoms with van der Waals surface area (Å²) in [6.45, 7) is 3.89. The molecular weight excluding hydrogens is 456 g/mol. The molecule has 36 heavy (non-hydrogen) atoms. The summed E-state index contributed by atoms with van der Waals surface area (Å²) in [6.07, 6.45) is 5.77. The van der Waals surface area contributed by atoms with Crippen LogP contribution < -0.4 is 9.47 Å². The van der Waals surface area contributed by atoms with Crippen LogP contribution in [0, 0.1) is 18.6 Å². The molecule has 4 rings (SSSR count). The topological polar surface area (TPSA) is 31.4 Å². The van der Waals surface area contributed by atoms with Crippen molar-refractivity contribution in [2.75, 3.05) is 14.2 Å². The standard InChI is InChI=1S/C31H27F2NO2/c1-20(22-7-11-27(32)12-8-22)15-25-17-31(36-4)26(18-30(25)35-3)16-29(23-9-13-28(33)14-10-23)24-6-5-21(2)34-19-24/h5-19H,1-4H3. The van der Waals surface area contributed by atoms with Gasteiger partial charge >= 0.3 is 0 Å². The Kier molecular flexibility index (Phi) is 7.59. The number of pyridine rings is 1. The molecule has 4 aromatic rings. The normalized spacial score (nSPS) is 11.9. The van der Waals surface area contributed by atoms with Crippen molar-refractivity contribution in [3.05, 3.63) is 124 Å². The molecule has 0 amide bonds. The van der Waals surface area contributed by atoms with Crippen molar-refractivity contribution >= 4 is 23.3 Å². The second-order valence-electron chi connectivity index (χ2n) is 8.42. The lowest BCUT2D eigenvalue weighted by molar-refractivity contribution is 0.401. The van der Waals surface area contributed by atoms with E-state index in [9.17, 15) is 8.78 Å². The third-order valence-corrected chi connectivity index (χ3v) is 5.93. The van der Waals surface area contributed by atoms with Crippen LogP contribution in [-0.2, 0) is 0 Å². The monoisotopic (exact) mass is 483 g/mol. The molecule has 3 aromatic carbocycles. The molecule has 3 nitrogen and oxygen atoms in total. The van der Waals surface area contributed by atoms with Gasteiger partial charge in [-0.3, -0.25) is 4.98 Å². The molecule has 0 saturated heterocycles. The van der Waals surface area contributed by atoms with Crippen molar-refractivity contribution in [2.45, 2.75) is 13.8 Å². The minimum Gasteiger partial charge on any atom is -0.496 e.